The molecule has 18 heavy (non-hydrogen) atoms. The summed E-state index contributed by atoms with van der Waals surface area (Å²) >= 11 is 0. The van der Waals surface area contributed by atoms with Gasteiger partial charge in [-0.2, -0.15) is 0 Å². The lowest BCUT2D eigenvalue weighted by Gasteiger charge is -2.26. The van der Waals surface area contributed by atoms with Gasteiger partial charge in [-0.15, -0.1) is 0 Å². The maximum atomic E-state index is 9.03. The molecule has 0 aromatic rings. The first kappa shape index (κ1) is 18.0. The van der Waals surface area contributed by atoms with E-state index in [1.54, 1.807) is 21.3 Å². The number of hydrogen-bond donors (Lipinski definition) is 1. The molecule has 0 bridgehead atoms. The summed E-state index contributed by atoms with van der Waals surface area (Å²) in [6.07, 6.45) is 3.31. The SMILES string of the molecule is CCCCN(CCO)CCC[Si](OC)(OC)OC. The second-order valence-electron chi connectivity index (χ2n) is 4.32. The highest BCUT2D eigenvalue weighted by atomic mass is 28.4. The minimum absolute atomic E-state index is 0.213. The predicted molar refractivity (Wildman–Crippen MR) is 74.6 cm³/mol. The molecule has 0 aliphatic rings. The van der Waals surface area contributed by atoms with Gasteiger partial charge in [-0.05, 0) is 25.9 Å². The van der Waals surface area contributed by atoms with Crippen molar-refractivity contribution >= 4 is 8.80 Å². The Morgan fingerprint density at radius 2 is 1.50 bits per heavy atom. The molecule has 5 nitrogen and oxygen atoms in total. The van der Waals surface area contributed by atoms with E-state index in [9.17, 15) is 0 Å². The van der Waals surface area contributed by atoms with E-state index >= 15 is 0 Å². The van der Waals surface area contributed by atoms with E-state index in [0.717, 1.165) is 32.1 Å². The van der Waals surface area contributed by atoms with Crippen LogP contribution < -0.4 is 0 Å². The fourth-order valence-electron chi connectivity index (χ4n) is 1.93. The van der Waals surface area contributed by atoms with Gasteiger partial charge in [0.15, 0.2) is 0 Å². The summed E-state index contributed by atoms with van der Waals surface area (Å²) in [6, 6.07) is 0.810. The Hall–Kier alpha value is 0.0169. The van der Waals surface area contributed by atoms with Crippen LogP contribution in [0.4, 0.5) is 0 Å². The molecule has 0 rings (SSSR count). The Morgan fingerprint density at radius 1 is 0.944 bits per heavy atom. The van der Waals surface area contributed by atoms with Gasteiger partial charge in [-0.25, -0.2) is 0 Å². The molecule has 0 aliphatic heterocycles. The number of nitrogens with zero attached hydrogens (tertiary/aromatic N) is 1. The van der Waals surface area contributed by atoms with Gasteiger partial charge in [0.1, 0.15) is 0 Å². The molecule has 0 aromatic heterocycles. The van der Waals surface area contributed by atoms with Crippen LogP contribution in [0.5, 0.6) is 0 Å². The normalized spacial score (nSPS) is 12.3. The highest BCUT2D eigenvalue weighted by molar-refractivity contribution is 6.60. The maximum Gasteiger partial charge on any atom is 0.500 e. The Balaban J connectivity index is 4.02. The summed E-state index contributed by atoms with van der Waals surface area (Å²) in [4.78, 5) is 2.28. The third-order valence-electron chi connectivity index (χ3n) is 3.13. The van der Waals surface area contributed by atoms with Crippen LogP contribution in [0.25, 0.3) is 0 Å². The van der Waals surface area contributed by atoms with Crippen LogP contribution in [0, 0.1) is 0 Å². The van der Waals surface area contributed by atoms with Crippen molar-refractivity contribution in [1.29, 1.82) is 0 Å². The third kappa shape index (κ3) is 6.82. The lowest BCUT2D eigenvalue weighted by atomic mass is 10.3. The average Bonchev–Trinajstić information content (AvgIpc) is 2.41. The van der Waals surface area contributed by atoms with Crippen LogP contribution in [-0.2, 0) is 13.3 Å². The van der Waals surface area contributed by atoms with Crippen LogP contribution in [0.15, 0.2) is 0 Å². The summed E-state index contributed by atoms with van der Waals surface area (Å²) in [7, 11) is 2.49. The average molecular weight is 279 g/mol. The van der Waals surface area contributed by atoms with E-state index in [0.29, 0.717) is 0 Å². The molecular formula is C12H29NO4Si. The van der Waals surface area contributed by atoms with Crippen molar-refractivity contribution in [3.05, 3.63) is 0 Å². The van der Waals surface area contributed by atoms with Crippen LogP contribution >= 0.6 is 0 Å². The molecule has 0 aliphatic carbocycles. The summed E-state index contributed by atoms with van der Waals surface area (Å²) in [5, 5.41) is 9.03. The van der Waals surface area contributed by atoms with Crippen molar-refractivity contribution in [3.63, 3.8) is 0 Å². The standard InChI is InChI=1S/C12H29NO4Si/c1-5-6-8-13(10-11-14)9-7-12-18(15-2,16-3)17-4/h14H,5-12H2,1-4H3. The molecule has 0 amide bonds. The zero-order valence-corrected chi connectivity index (χ0v) is 13.3. The second-order valence-corrected chi connectivity index (χ2v) is 7.41. The molecule has 110 valence electrons. The first-order valence-electron chi connectivity index (χ1n) is 6.66. The number of aliphatic hydroxyl groups is 1. The Morgan fingerprint density at radius 3 is 1.94 bits per heavy atom. The van der Waals surface area contributed by atoms with Crippen molar-refractivity contribution in [2.24, 2.45) is 0 Å². The Labute approximate surface area is 112 Å². The third-order valence-corrected chi connectivity index (χ3v) is 5.97. The minimum Gasteiger partial charge on any atom is -0.395 e. The summed E-state index contributed by atoms with van der Waals surface area (Å²) < 4.78 is 16.2. The van der Waals surface area contributed by atoms with E-state index < -0.39 is 8.80 Å². The fraction of sp³-hybridized carbons (Fsp3) is 1.00. The largest absolute Gasteiger partial charge is 0.500 e. The van der Waals surface area contributed by atoms with Gasteiger partial charge >= 0.3 is 8.80 Å². The molecule has 0 radical (unpaired) electrons. The van der Waals surface area contributed by atoms with Crippen molar-refractivity contribution in [2.45, 2.75) is 32.2 Å². The molecule has 6 heteroatoms. The predicted octanol–water partition coefficient (Wildman–Crippen LogP) is 1.35. The van der Waals surface area contributed by atoms with Crippen molar-refractivity contribution in [1.82, 2.24) is 4.90 Å². The second kappa shape index (κ2) is 10.9. The van der Waals surface area contributed by atoms with Crippen LogP contribution in [0.2, 0.25) is 6.04 Å². The smallest absolute Gasteiger partial charge is 0.395 e. The van der Waals surface area contributed by atoms with Gasteiger partial charge in [-0.1, -0.05) is 13.3 Å². The quantitative estimate of drug-likeness (QED) is 0.547. The number of hydrogen-bond acceptors (Lipinski definition) is 5. The number of rotatable bonds is 12. The molecule has 0 spiro atoms. The van der Waals surface area contributed by atoms with Crippen molar-refractivity contribution in [2.75, 3.05) is 47.6 Å². The zero-order valence-electron chi connectivity index (χ0n) is 12.3. The molecule has 0 aromatic carbocycles. The lowest BCUT2D eigenvalue weighted by molar-refractivity contribution is 0.120. The maximum absolute atomic E-state index is 9.03. The minimum atomic E-state index is -2.43. The topological polar surface area (TPSA) is 51.2 Å². The van der Waals surface area contributed by atoms with Gasteiger partial charge in [0.2, 0.25) is 0 Å². The number of aliphatic hydroxyl groups excluding tert-OH is 1. The molecule has 1 N–H and O–H groups in total. The Kier molecular flexibility index (Phi) is 10.9. The van der Waals surface area contributed by atoms with E-state index in [1.807, 2.05) is 0 Å². The molecule has 0 saturated carbocycles. The molecule has 0 saturated heterocycles. The van der Waals surface area contributed by atoms with Crippen LogP contribution in [0.1, 0.15) is 26.2 Å². The van der Waals surface area contributed by atoms with Gasteiger partial charge in [-0.3, -0.25) is 0 Å². The van der Waals surface area contributed by atoms with Gasteiger partial charge in [0.05, 0.1) is 6.61 Å². The lowest BCUT2D eigenvalue weighted by Crippen LogP contribution is -2.43. The molecular weight excluding hydrogens is 250 g/mol. The number of unbranched alkanes of at least 4 members (excludes halogenated alkanes) is 1. The molecule has 0 heterocycles. The highest BCUT2D eigenvalue weighted by Gasteiger charge is 2.36. The van der Waals surface area contributed by atoms with Crippen LogP contribution in [0.3, 0.4) is 0 Å². The first-order chi connectivity index (χ1) is 8.67. The Bertz CT molecular complexity index is 183. The van der Waals surface area contributed by atoms with E-state index in [2.05, 4.69) is 11.8 Å². The summed E-state index contributed by atoms with van der Waals surface area (Å²) in [5.41, 5.74) is 0. The fourth-order valence-corrected chi connectivity index (χ4v) is 3.64. The molecule has 0 atom stereocenters. The van der Waals surface area contributed by atoms with Gasteiger partial charge in [0, 0.05) is 33.9 Å². The summed E-state index contributed by atoms with van der Waals surface area (Å²) in [5.74, 6) is 0. The molecule has 0 fully saturated rings. The van der Waals surface area contributed by atoms with Crippen molar-refractivity contribution in [3.8, 4) is 0 Å². The highest BCUT2D eigenvalue weighted by Crippen LogP contribution is 2.15. The van der Waals surface area contributed by atoms with Gasteiger partial charge in [0.25, 0.3) is 0 Å². The molecule has 0 unspecified atom stereocenters. The summed E-state index contributed by atoms with van der Waals surface area (Å²) in [6.45, 7) is 5.12. The van der Waals surface area contributed by atoms with E-state index in [4.69, 9.17) is 18.4 Å². The zero-order chi connectivity index (χ0) is 13.9. The monoisotopic (exact) mass is 279 g/mol. The first-order valence-corrected chi connectivity index (χ1v) is 8.59. The van der Waals surface area contributed by atoms with Gasteiger partial charge < -0.3 is 23.3 Å². The van der Waals surface area contributed by atoms with Crippen LogP contribution in [-0.4, -0.2) is 66.4 Å². The van der Waals surface area contributed by atoms with E-state index in [-0.39, 0.29) is 6.61 Å². The van der Waals surface area contributed by atoms with Crippen molar-refractivity contribution < 1.29 is 18.4 Å². The van der Waals surface area contributed by atoms with E-state index in [1.165, 1.54) is 12.8 Å².